The van der Waals surface area contributed by atoms with Gasteiger partial charge in [0.2, 0.25) is 5.13 Å². The second-order valence-electron chi connectivity index (χ2n) is 4.76. The first-order valence-electron chi connectivity index (χ1n) is 7.00. The average molecular weight is 321 g/mol. The fraction of sp³-hybridized carbons (Fsp3) is 0.400. The van der Waals surface area contributed by atoms with Gasteiger partial charge in [0.05, 0.1) is 6.61 Å². The van der Waals surface area contributed by atoms with Crippen LogP contribution in [0.2, 0.25) is 0 Å². The zero-order valence-corrected chi connectivity index (χ0v) is 13.9. The summed E-state index contributed by atoms with van der Waals surface area (Å²) in [4.78, 5) is 12.1. The molecule has 1 atom stereocenters. The number of hydrogen-bond acceptors (Lipinski definition) is 6. The SMILES string of the molecule is CCOc1cc(C)ccc1O[C@@H](C)C(=O)Nc1nnc(C)s1. The zero-order valence-electron chi connectivity index (χ0n) is 13.0. The number of rotatable bonds is 6. The summed E-state index contributed by atoms with van der Waals surface area (Å²) in [5.74, 6) is 0.900. The predicted octanol–water partition coefficient (Wildman–Crippen LogP) is 2.96. The Morgan fingerprint density at radius 1 is 1.32 bits per heavy atom. The van der Waals surface area contributed by atoms with Crippen molar-refractivity contribution in [3.63, 3.8) is 0 Å². The van der Waals surface area contributed by atoms with E-state index in [1.54, 1.807) is 13.0 Å². The molecule has 0 saturated heterocycles. The molecule has 0 aliphatic heterocycles. The van der Waals surface area contributed by atoms with Gasteiger partial charge in [-0.25, -0.2) is 0 Å². The lowest BCUT2D eigenvalue weighted by atomic mass is 10.2. The van der Waals surface area contributed by atoms with Gasteiger partial charge in [-0.15, -0.1) is 10.2 Å². The van der Waals surface area contributed by atoms with Crippen LogP contribution >= 0.6 is 11.3 Å². The van der Waals surface area contributed by atoms with Gasteiger partial charge in [0.15, 0.2) is 17.6 Å². The topological polar surface area (TPSA) is 73.3 Å². The third-order valence-electron chi connectivity index (χ3n) is 2.83. The second-order valence-corrected chi connectivity index (χ2v) is 5.94. The molecule has 2 aromatic rings. The summed E-state index contributed by atoms with van der Waals surface area (Å²) in [7, 11) is 0. The summed E-state index contributed by atoms with van der Waals surface area (Å²) in [5.41, 5.74) is 1.07. The molecule has 1 amide bonds. The molecule has 0 bridgehead atoms. The highest BCUT2D eigenvalue weighted by Gasteiger charge is 2.18. The van der Waals surface area contributed by atoms with E-state index in [9.17, 15) is 4.79 Å². The number of amides is 1. The molecule has 0 aliphatic carbocycles. The number of benzene rings is 1. The lowest BCUT2D eigenvalue weighted by Crippen LogP contribution is -2.30. The van der Waals surface area contributed by atoms with E-state index in [1.165, 1.54) is 11.3 Å². The van der Waals surface area contributed by atoms with E-state index in [0.29, 0.717) is 23.2 Å². The van der Waals surface area contributed by atoms with E-state index in [1.807, 2.05) is 32.9 Å². The van der Waals surface area contributed by atoms with Crippen LogP contribution < -0.4 is 14.8 Å². The van der Waals surface area contributed by atoms with Gasteiger partial charge in [-0.1, -0.05) is 17.4 Å². The van der Waals surface area contributed by atoms with Gasteiger partial charge in [0, 0.05) is 0 Å². The number of nitrogens with one attached hydrogen (secondary N) is 1. The van der Waals surface area contributed by atoms with Gasteiger partial charge >= 0.3 is 0 Å². The molecule has 118 valence electrons. The highest BCUT2D eigenvalue weighted by atomic mass is 32.1. The normalized spacial score (nSPS) is 11.8. The van der Waals surface area contributed by atoms with Crippen LogP contribution in [-0.4, -0.2) is 28.8 Å². The van der Waals surface area contributed by atoms with E-state index in [4.69, 9.17) is 9.47 Å². The molecular formula is C15H19N3O3S. The minimum atomic E-state index is -0.675. The zero-order chi connectivity index (χ0) is 16.1. The van der Waals surface area contributed by atoms with Crippen LogP contribution in [-0.2, 0) is 4.79 Å². The molecule has 1 aromatic carbocycles. The monoisotopic (exact) mass is 321 g/mol. The van der Waals surface area contributed by atoms with E-state index >= 15 is 0 Å². The molecule has 0 fully saturated rings. The fourth-order valence-electron chi connectivity index (χ4n) is 1.78. The van der Waals surface area contributed by atoms with Gasteiger partial charge < -0.3 is 9.47 Å². The molecule has 0 unspecified atom stereocenters. The lowest BCUT2D eigenvalue weighted by molar-refractivity contribution is -0.122. The maximum atomic E-state index is 12.1. The third-order valence-corrected chi connectivity index (χ3v) is 3.58. The van der Waals surface area contributed by atoms with Crippen molar-refractivity contribution < 1.29 is 14.3 Å². The fourth-order valence-corrected chi connectivity index (χ4v) is 2.37. The Morgan fingerprint density at radius 3 is 2.73 bits per heavy atom. The molecule has 6 nitrogen and oxygen atoms in total. The maximum Gasteiger partial charge on any atom is 0.266 e. The summed E-state index contributed by atoms with van der Waals surface area (Å²) in [5, 5.41) is 11.7. The van der Waals surface area contributed by atoms with Crippen LogP contribution in [0.3, 0.4) is 0 Å². The van der Waals surface area contributed by atoms with Gasteiger partial charge in [-0.05, 0) is 45.4 Å². The van der Waals surface area contributed by atoms with Crippen LogP contribution in [0.15, 0.2) is 18.2 Å². The highest BCUT2D eigenvalue weighted by molar-refractivity contribution is 7.15. The third kappa shape index (κ3) is 4.17. The molecule has 0 spiro atoms. The number of aromatic nitrogens is 2. The molecule has 1 heterocycles. The van der Waals surface area contributed by atoms with Crippen molar-refractivity contribution in [3.05, 3.63) is 28.8 Å². The van der Waals surface area contributed by atoms with Crippen molar-refractivity contribution in [1.29, 1.82) is 0 Å². The number of aryl methyl sites for hydroxylation is 2. The Labute approximate surface area is 133 Å². The number of carbonyl (C=O) groups is 1. The average Bonchev–Trinajstić information content (AvgIpc) is 2.87. The Bertz CT molecular complexity index is 657. The molecule has 2 rings (SSSR count). The molecular weight excluding hydrogens is 302 g/mol. The van der Waals surface area contributed by atoms with Crippen molar-refractivity contribution >= 4 is 22.4 Å². The van der Waals surface area contributed by atoms with Gasteiger partial charge in [-0.2, -0.15) is 0 Å². The first kappa shape index (κ1) is 16.2. The summed E-state index contributed by atoms with van der Waals surface area (Å²) < 4.78 is 11.3. The van der Waals surface area contributed by atoms with Crippen LogP contribution in [0.25, 0.3) is 0 Å². The molecule has 0 radical (unpaired) electrons. The highest BCUT2D eigenvalue weighted by Crippen LogP contribution is 2.29. The van der Waals surface area contributed by atoms with E-state index < -0.39 is 6.10 Å². The van der Waals surface area contributed by atoms with Crippen molar-refractivity contribution in [2.24, 2.45) is 0 Å². The molecule has 0 saturated carbocycles. The first-order chi connectivity index (χ1) is 10.5. The molecule has 1 aromatic heterocycles. The Morgan fingerprint density at radius 2 is 2.09 bits per heavy atom. The van der Waals surface area contributed by atoms with Crippen molar-refractivity contribution in [1.82, 2.24) is 10.2 Å². The number of ether oxygens (including phenoxy) is 2. The summed E-state index contributed by atoms with van der Waals surface area (Å²) in [6.07, 6.45) is -0.675. The maximum absolute atomic E-state index is 12.1. The molecule has 1 N–H and O–H groups in total. The number of anilines is 1. The van der Waals surface area contributed by atoms with Crippen molar-refractivity contribution in [2.45, 2.75) is 33.8 Å². The minimum absolute atomic E-state index is 0.279. The van der Waals surface area contributed by atoms with Crippen LogP contribution in [0.4, 0.5) is 5.13 Å². The van der Waals surface area contributed by atoms with E-state index in [-0.39, 0.29) is 5.91 Å². The van der Waals surface area contributed by atoms with Gasteiger partial charge in [-0.3, -0.25) is 10.1 Å². The Hall–Kier alpha value is -2.15. The van der Waals surface area contributed by atoms with Crippen LogP contribution in [0.5, 0.6) is 11.5 Å². The lowest BCUT2D eigenvalue weighted by Gasteiger charge is -2.17. The first-order valence-corrected chi connectivity index (χ1v) is 7.82. The van der Waals surface area contributed by atoms with E-state index in [0.717, 1.165) is 10.6 Å². The van der Waals surface area contributed by atoms with Crippen molar-refractivity contribution in [3.8, 4) is 11.5 Å². The Balaban J connectivity index is 2.04. The summed E-state index contributed by atoms with van der Waals surface area (Å²) >= 11 is 1.32. The van der Waals surface area contributed by atoms with Crippen LogP contribution in [0.1, 0.15) is 24.4 Å². The number of nitrogens with zero attached hydrogens (tertiary/aromatic N) is 2. The van der Waals surface area contributed by atoms with E-state index in [2.05, 4.69) is 15.5 Å². The summed E-state index contributed by atoms with van der Waals surface area (Å²) in [6.45, 7) is 7.91. The smallest absolute Gasteiger partial charge is 0.266 e. The Kier molecular flexibility index (Phi) is 5.32. The standard InChI is InChI=1S/C15H19N3O3S/c1-5-20-13-8-9(2)6-7-12(13)21-10(3)14(19)16-15-18-17-11(4)22-15/h6-8,10H,5H2,1-4H3,(H,16,18,19)/t10-/m0/s1. The quantitative estimate of drug-likeness (QED) is 0.885. The minimum Gasteiger partial charge on any atom is -0.490 e. The van der Waals surface area contributed by atoms with Gasteiger partial charge in [0.1, 0.15) is 5.01 Å². The van der Waals surface area contributed by atoms with Crippen LogP contribution in [0, 0.1) is 13.8 Å². The summed E-state index contributed by atoms with van der Waals surface area (Å²) in [6, 6.07) is 5.60. The molecule has 22 heavy (non-hydrogen) atoms. The molecule has 0 aliphatic rings. The number of hydrogen-bond donors (Lipinski definition) is 1. The second kappa shape index (κ2) is 7.22. The predicted molar refractivity (Wildman–Crippen MR) is 85.7 cm³/mol. The van der Waals surface area contributed by atoms with Crippen molar-refractivity contribution in [2.75, 3.05) is 11.9 Å². The van der Waals surface area contributed by atoms with Gasteiger partial charge in [0.25, 0.3) is 5.91 Å². The largest absolute Gasteiger partial charge is 0.490 e. The number of carbonyl (C=O) groups excluding carboxylic acids is 1. The molecule has 7 heteroatoms.